The summed E-state index contributed by atoms with van der Waals surface area (Å²) < 4.78 is 0. The molecular formula is C14H20N2O3. The van der Waals surface area contributed by atoms with E-state index in [2.05, 4.69) is 4.90 Å². The first-order chi connectivity index (χ1) is 9.20. The van der Waals surface area contributed by atoms with Crippen LogP contribution in [-0.2, 0) is 6.61 Å². The topological polar surface area (TPSA) is 68.0 Å². The van der Waals surface area contributed by atoms with Crippen molar-refractivity contribution in [3.05, 3.63) is 35.4 Å². The molecule has 1 aromatic rings. The van der Waals surface area contributed by atoms with Crippen LogP contribution in [-0.4, -0.2) is 55.2 Å². The third-order valence-corrected chi connectivity index (χ3v) is 3.75. The number of hydrogen-bond acceptors (Lipinski definition) is 4. The molecule has 3 heterocycles. The van der Waals surface area contributed by atoms with Crippen LogP contribution in [0.3, 0.4) is 0 Å². The molecular weight excluding hydrogens is 244 g/mol. The maximum absolute atomic E-state index is 10.4. The number of aliphatic hydroxyl groups excluding tert-OH is 1. The van der Waals surface area contributed by atoms with Crippen LogP contribution in [0.1, 0.15) is 15.9 Å². The number of aliphatic hydroxyl groups is 1. The largest absolute Gasteiger partial charge is 0.545 e. The molecule has 0 amide bonds. The van der Waals surface area contributed by atoms with Gasteiger partial charge in [-0.1, -0.05) is 24.3 Å². The number of nitrogens with zero attached hydrogens (tertiary/aromatic N) is 1. The van der Waals surface area contributed by atoms with E-state index in [0.29, 0.717) is 5.56 Å². The molecule has 5 heteroatoms. The summed E-state index contributed by atoms with van der Waals surface area (Å²) in [5, 5.41) is 19.0. The fourth-order valence-corrected chi connectivity index (χ4v) is 2.52. The molecule has 2 N–H and O–H groups in total. The average Bonchev–Trinajstić information content (AvgIpc) is 2.50. The van der Waals surface area contributed by atoms with Crippen molar-refractivity contribution in [1.29, 1.82) is 0 Å². The minimum atomic E-state index is -1.25. The third-order valence-electron chi connectivity index (χ3n) is 3.75. The van der Waals surface area contributed by atoms with Crippen LogP contribution in [0.5, 0.6) is 0 Å². The lowest BCUT2D eigenvalue weighted by Crippen LogP contribution is -3.17. The maximum atomic E-state index is 10.4. The minimum absolute atomic E-state index is 0.0509. The van der Waals surface area contributed by atoms with Gasteiger partial charge >= 0.3 is 0 Å². The van der Waals surface area contributed by atoms with Gasteiger partial charge < -0.3 is 19.9 Å². The van der Waals surface area contributed by atoms with Gasteiger partial charge in [0, 0.05) is 25.2 Å². The molecule has 3 saturated heterocycles. The molecule has 4 rings (SSSR count). The summed E-state index contributed by atoms with van der Waals surface area (Å²) in [6, 6.07) is 6.20. The number of fused-ring (bicyclic) bond motifs is 3. The van der Waals surface area contributed by atoms with Crippen molar-refractivity contribution in [1.82, 2.24) is 4.90 Å². The summed E-state index contributed by atoms with van der Waals surface area (Å²) in [7, 11) is 0. The highest BCUT2D eigenvalue weighted by Crippen LogP contribution is 2.06. The Labute approximate surface area is 113 Å². The van der Waals surface area contributed by atoms with Crippen molar-refractivity contribution < 1.29 is 19.9 Å². The van der Waals surface area contributed by atoms with Gasteiger partial charge in [0.15, 0.2) is 0 Å². The van der Waals surface area contributed by atoms with Gasteiger partial charge in [-0.3, -0.25) is 4.90 Å². The number of quaternary nitrogens is 1. The van der Waals surface area contributed by atoms with Crippen LogP contribution in [0, 0.1) is 0 Å². The van der Waals surface area contributed by atoms with Gasteiger partial charge in [-0.15, -0.1) is 0 Å². The van der Waals surface area contributed by atoms with Crippen molar-refractivity contribution in [2.75, 3.05) is 39.3 Å². The van der Waals surface area contributed by atoms with Gasteiger partial charge in [-0.05, 0) is 5.56 Å². The molecule has 1 aromatic carbocycles. The van der Waals surface area contributed by atoms with E-state index in [-0.39, 0.29) is 12.2 Å². The molecule has 0 atom stereocenters. The van der Waals surface area contributed by atoms with Gasteiger partial charge in [0.05, 0.1) is 32.2 Å². The minimum Gasteiger partial charge on any atom is -0.545 e. The predicted octanol–water partition coefficient (Wildman–Crippen LogP) is -2.26. The first kappa shape index (κ1) is 14.0. The smallest absolute Gasteiger partial charge is 0.0901 e. The van der Waals surface area contributed by atoms with E-state index in [0.717, 1.165) is 0 Å². The summed E-state index contributed by atoms with van der Waals surface area (Å²) in [4.78, 5) is 14.7. The fraction of sp³-hybridized carbons (Fsp3) is 0.500. The van der Waals surface area contributed by atoms with Gasteiger partial charge in [0.1, 0.15) is 0 Å². The Hall–Kier alpha value is -1.43. The molecule has 0 radical (unpaired) electrons. The molecule has 3 aliphatic heterocycles. The van der Waals surface area contributed by atoms with Crippen molar-refractivity contribution >= 4 is 5.97 Å². The van der Waals surface area contributed by atoms with E-state index in [4.69, 9.17) is 5.11 Å². The van der Waals surface area contributed by atoms with Crippen LogP contribution in [0.15, 0.2) is 24.3 Å². The standard InChI is InChI=1S/C8H8O3.C6H12N2/c9-5-6-3-1-2-4-7(6)8(10)11;1-2-8-5-3-7(1)4-6-8/h1-4,9H,5H2,(H,10,11);1-6H2. The quantitative estimate of drug-likeness (QED) is 0.633. The summed E-state index contributed by atoms with van der Waals surface area (Å²) >= 11 is 0. The monoisotopic (exact) mass is 264 g/mol. The summed E-state index contributed by atoms with van der Waals surface area (Å²) in [6.45, 7) is 8.00. The molecule has 0 aliphatic carbocycles. The van der Waals surface area contributed by atoms with Crippen LogP contribution in [0.2, 0.25) is 0 Å². The van der Waals surface area contributed by atoms with E-state index >= 15 is 0 Å². The Morgan fingerprint density at radius 1 is 1.21 bits per heavy atom. The zero-order valence-electron chi connectivity index (χ0n) is 11.0. The molecule has 2 bridgehead atoms. The van der Waals surface area contributed by atoms with Gasteiger partial charge in [0.25, 0.3) is 0 Å². The number of aromatic carboxylic acids is 1. The maximum Gasteiger partial charge on any atom is 0.0901 e. The van der Waals surface area contributed by atoms with Gasteiger partial charge in [-0.2, -0.15) is 0 Å². The zero-order valence-corrected chi connectivity index (χ0v) is 11.0. The molecule has 0 saturated carbocycles. The third kappa shape index (κ3) is 3.76. The Balaban J connectivity index is 0.000000146. The number of carbonyl (C=O) groups excluding carboxylic acids is 1. The second-order valence-electron chi connectivity index (χ2n) is 4.94. The lowest BCUT2D eigenvalue weighted by atomic mass is 10.1. The second kappa shape index (κ2) is 6.65. The first-order valence-electron chi connectivity index (χ1n) is 6.66. The Morgan fingerprint density at radius 2 is 1.79 bits per heavy atom. The molecule has 0 aromatic heterocycles. The number of hydrogen-bond donors (Lipinski definition) is 2. The van der Waals surface area contributed by atoms with Crippen LogP contribution in [0.4, 0.5) is 0 Å². The molecule has 0 spiro atoms. The Morgan fingerprint density at radius 3 is 2.11 bits per heavy atom. The summed E-state index contributed by atoms with van der Waals surface area (Å²) in [5.74, 6) is -1.25. The number of carboxylic acid groups (broad SMARTS) is 1. The summed E-state index contributed by atoms with van der Waals surface area (Å²) in [6.07, 6.45) is 0. The molecule has 104 valence electrons. The lowest BCUT2D eigenvalue weighted by Gasteiger charge is -2.38. The van der Waals surface area contributed by atoms with Gasteiger partial charge in [-0.25, -0.2) is 0 Å². The molecule has 19 heavy (non-hydrogen) atoms. The molecule has 0 unspecified atom stereocenters. The molecule has 5 nitrogen and oxygen atoms in total. The van der Waals surface area contributed by atoms with Crippen LogP contribution < -0.4 is 10.0 Å². The zero-order chi connectivity index (χ0) is 13.7. The predicted molar refractivity (Wildman–Crippen MR) is 68.7 cm³/mol. The van der Waals surface area contributed by atoms with Crippen molar-refractivity contribution in [3.8, 4) is 0 Å². The number of carbonyl (C=O) groups is 1. The number of rotatable bonds is 2. The van der Waals surface area contributed by atoms with E-state index < -0.39 is 5.97 Å². The number of nitrogens with one attached hydrogen (secondary N) is 1. The van der Waals surface area contributed by atoms with Crippen molar-refractivity contribution in [2.24, 2.45) is 0 Å². The van der Waals surface area contributed by atoms with E-state index in [1.54, 1.807) is 18.2 Å². The van der Waals surface area contributed by atoms with Crippen LogP contribution >= 0.6 is 0 Å². The van der Waals surface area contributed by atoms with Crippen molar-refractivity contribution in [3.63, 3.8) is 0 Å². The van der Waals surface area contributed by atoms with E-state index in [1.165, 1.54) is 45.3 Å². The molecule has 3 aliphatic rings. The fourth-order valence-electron chi connectivity index (χ4n) is 2.52. The average molecular weight is 264 g/mol. The Kier molecular flexibility index (Phi) is 4.90. The van der Waals surface area contributed by atoms with E-state index in [1.807, 2.05) is 4.90 Å². The normalized spacial score (nSPS) is 24.5. The van der Waals surface area contributed by atoms with Gasteiger partial charge in [0.2, 0.25) is 0 Å². The van der Waals surface area contributed by atoms with Crippen molar-refractivity contribution in [2.45, 2.75) is 6.61 Å². The Bertz CT molecular complexity index is 405. The highest BCUT2D eigenvalue weighted by Gasteiger charge is 2.25. The number of benzene rings is 1. The first-order valence-corrected chi connectivity index (χ1v) is 6.66. The lowest BCUT2D eigenvalue weighted by molar-refractivity contribution is -0.914. The number of piperazine rings is 3. The second-order valence-corrected chi connectivity index (χ2v) is 4.94. The SMILES string of the molecule is C1C[NH+]2CCN1CC2.O=C([O-])c1ccccc1CO. The van der Waals surface area contributed by atoms with E-state index in [9.17, 15) is 9.90 Å². The molecule has 3 fully saturated rings. The number of carboxylic acids is 1. The summed E-state index contributed by atoms with van der Waals surface area (Å²) in [5.41, 5.74) is 0.433. The highest BCUT2D eigenvalue weighted by molar-refractivity contribution is 5.87. The highest BCUT2D eigenvalue weighted by atomic mass is 16.4. The van der Waals surface area contributed by atoms with Crippen LogP contribution in [0.25, 0.3) is 0 Å².